The molecule has 1 aromatic heterocycles. The van der Waals surface area contributed by atoms with E-state index in [2.05, 4.69) is 4.98 Å². The van der Waals surface area contributed by atoms with Crippen LogP contribution in [0.1, 0.15) is 12.8 Å². The van der Waals surface area contributed by atoms with Crippen molar-refractivity contribution in [1.82, 2.24) is 4.98 Å². The zero-order valence-electron chi connectivity index (χ0n) is 9.80. The zero-order valence-corrected chi connectivity index (χ0v) is 10.6. The van der Waals surface area contributed by atoms with Gasteiger partial charge in [0.2, 0.25) is 5.91 Å². The number of hydrogen-bond acceptors (Lipinski definition) is 4. The molecule has 0 aliphatic carbocycles. The monoisotopic (exact) mass is 259 g/mol. The summed E-state index contributed by atoms with van der Waals surface area (Å²) in [4.78, 5) is 17.7. The molecule has 18 heavy (non-hydrogen) atoms. The van der Waals surface area contributed by atoms with Gasteiger partial charge in [-0.05, 0) is 18.6 Å². The molecular formula is C13H13N3OS. The third kappa shape index (κ3) is 1.97. The van der Waals surface area contributed by atoms with Gasteiger partial charge in [0.25, 0.3) is 0 Å². The van der Waals surface area contributed by atoms with E-state index in [4.69, 9.17) is 5.73 Å². The van der Waals surface area contributed by atoms with Gasteiger partial charge in [-0.1, -0.05) is 12.1 Å². The second-order valence-electron chi connectivity index (χ2n) is 4.27. The van der Waals surface area contributed by atoms with E-state index in [9.17, 15) is 4.79 Å². The molecule has 0 unspecified atom stereocenters. The van der Waals surface area contributed by atoms with Crippen LogP contribution in [0.4, 0.5) is 10.8 Å². The van der Waals surface area contributed by atoms with E-state index in [1.807, 2.05) is 34.5 Å². The molecule has 4 nitrogen and oxygen atoms in total. The Morgan fingerprint density at radius 1 is 1.28 bits per heavy atom. The highest BCUT2D eigenvalue weighted by Crippen LogP contribution is 2.27. The standard InChI is InChI=1S/C13H13N3OS/c14-13-15-11(8-18-13)9-3-5-10(6-4-9)16-7-1-2-12(16)17/h3-6,8H,1-2,7H2,(H2,14,15). The molecule has 1 aromatic carbocycles. The van der Waals surface area contributed by atoms with Crippen LogP contribution >= 0.6 is 11.3 Å². The summed E-state index contributed by atoms with van der Waals surface area (Å²) in [7, 11) is 0. The number of nitrogens with two attached hydrogens (primary N) is 1. The van der Waals surface area contributed by atoms with Crippen molar-refractivity contribution >= 4 is 28.1 Å². The van der Waals surface area contributed by atoms with Gasteiger partial charge in [0, 0.05) is 29.6 Å². The lowest BCUT2D eigenvalue weighted by Crippen LogP contribution is -2.23. The fourth-order valence-electron chi connectivity index (χ4n) is 2.15. The number of aromatic nitrogens is 1. The lowest BCUT2D eigenvalue weighted by atomic mass is 10.1. The van der Waals surface area contributed by atoms with Gasteiger partial charge in [0.15, 0.2) is 5.13 Å². The van der Waals surface area contributed by atoms with E-state index < -0.39 is 0 Å². The number of carbonyl (C=O) groups is 1. The molecule has 92 valence electrons. The number of amides is 1. The Morgan fingerprint density at radius 3 is 2.61 bits per heavy atom. The second-order valence-corrected chi connectivity index (χ2v) is 5.16. The lowest BCUT2D eigenvalue weighted by molar-refractivity contribution is -0.117. The van der Waals surface area contributed by atoms with Crippen LogP contribution < -0.4 is 10.6 Å². The smallest absolute Gasteiger partial charge is 0.227 e. The Labute approximate surface area is 109 Å². The Morgan fingerprint density at radius 2 is 2.06 bits per heavy atom. The summed E-state index contributed by atoms with van der Waals surface area (Å²) in [5.41, 5.74) is 8.49. The molecule has 1 aliphatic rings. The van der Waals surface area contributed by atoms with Crippen molar-refractivity contribution in [2.45, 2.75) is 12.8 Å². The number of benzene rings is 1. The molecule has 3 rings (SSSR count). The molecule has 0 spiro atoms. The van der Waals surface area contributed by atoms with Crippen molar-refractivity contribution in [2.24, 2.45) is 0 Å². The molecule has 5 heteroatoms. The van der Waals surface area contributed by atoms with Crippen LogP contribution in [-0.2, 0) is 4.79 Å². The van der Waals surface area contributed by atoms with Crippen molar-refractivity contribution < 1.29 is 4.79 Å². The minimum absolute atomic E-state index is 0.209. The van der Waals surface area contributed by atoms with Gasteiger partial charge in [-0.15, -0.1) is 11.3 Å². The molecule has 0 bridgehead atoms. The first-order chi connectivity index (χ1) is 8.74. The van der Waals surface area contributed by atoms with Gasteiger partial charge in [-0.25, -0.2) is 4.98 Å². The summed E-state index contributed by atoms with van der Waals surface area (Å²) in [6.45, 7) is 0.821. The van der Waals surface area contributed by atoms with E-state index >= 15 is 0 Å². The van der Waals surface area contributed by atoms with Gasteiger partial charge in [0.1, 0.15) is 0 Å². The van der Waals surface area contributed by atoms with Crippen molar-refractivity contribution in [3.63, 3.8) is 0 Å². The minimum atomic E-state index is 0.209. The zero-order chi connectivity index (χ0) is 12.5. The van der Waals surface area contributed by atoms with Crippen molar-refractivity contribution in [2.75, 3.05) is 17.2 Å². The van der Waals surface area contributed by atoms with Gasteiger partial charge in [-0.3, -0.25) is 4.79 Å². The maximum Gasteiger partial charge on any atom is 0.227 e. The summed E-state index contributed by atoms with van der Waals surface area (Å²) < 4.78 is 0. The Hall–Kier alpha value is -1.88. The highest BCUT2D eigenvalue weighted by atomic mass is 32.1. The Bertz CT molecular complexity index is 576. The number of thiazole rings is 1. The minimum Gasteiger partial charge on any atom is -0.375 e. The van der Waals surface area contributed by atoms with Gasteiger partial charge in [0.05, 0.1) is 5.69 Å². The highest BCUT2D eigenvalue weighted by Gasteiger charge is 2.21. The molecule has 1 saturated heterocycles. The number of anilines is 2. The molecule has 2 N–H and O–H groups in total. The molecule has 0 saturated carbocycles. The van der Waals surface area contributed by atoms with Crippen LogP contribution in [0.3, 0.4) is 0 Å². The first kappa shape index (κ1) is 11.2. The maximum atomic E-state index is 11.6. The molecular weight excluding hydrogens is 246 g/mol. The molecule has 0 atom stereocenters. The predicted molar refractivity (Wildman–Crippen MR) is 73.5 cm³/mol. The summed E-state index contributed by atoms with van der Waals surface area (Å²) >= 11 is 1.43. The fraction of sp³-hybridized carbons (Fsp3) is 0.231. The molecule has 2 aromatic rings. The predicted octanol–water partition coefficient (Wildman–Crippen LogP) is 2.52. The van der Waals surface area contributed by atoms with E-state index in [-0.39, 0.29) is 5.91 Å². The average Bonchev–Trinajstić information content (AvgIpc) is 2.98. The van der Waals surface area contributed by atoms with E-state index in [0.29, 0.717) is 11.6 Å². The number of nitrogens with zero attached hydrogens (tertiary/aromatic N) is 2. The van der Waals surface area contributed by atoms with Gasteiger partial charge in [-0.2, -0.15) is 0 Å². The fourth-order valence-corrected chi connectivity index (χ4v) is 2.73. The van der Waals surface area contributed by atoms with Gasteiger partial charge < -0.3 is 10.6 Å². The summed E-state index contributed by atoms with van der Waals surface area (Å²) in [5.74, 6) is 0.209. The largest absolute Gasteiger partial charge is 0.375 e. The maximum absolute atomic E-state index is 11.6. The number of rotatable bonds is 2. The van der Waals surface area contributed by atoms with Crippen LogP contribution in [-0.4, -0.2) is 17.4 Å². The van der Waals surface area contributed by atoms with Crippen molar-refractivity contribution in [3.8, 4) is 11.3 Å². The molecule has 1 fully saturated rings. The first-order valence-corrected chi connectivity index (χ1v) is 6.74. The van der Waals surface area contributed by atoms with Crippen LogP contribution in [0, 0.1) is 0 Å². The number of carbonyl (C=O) groups excluding carboxylic acids is 1. The molecule has 1 amide bonds. The lowest BCUT2D eigenvalue weighted by Gasteiger charge is -2.15. The summed E-state index contributed by atoms with van der Waals surface area (Å²) in [5, 5.41) is 2.51. The normalized spacial score (nSPS) is 15.3. The van der Waals surface area contributed by atoms with Gasteiger partial charge >= 0.3 is 0 Å². The van der Waals surface area contributed by atoms with Crippen LogP contribution in [0.25, 0.3) is 11.3 Å². The number of hydrogen-bond donors (Lipinski definition) is 1. The van der Waals surface area contributed by atoms with Crippen LogP contribution in [0.15, 0.2) is 29.6 Å². The summed E-state index contributed by atoms with van der Waals surface area (Å²) in [6.07, 6.45) is 1.60. The quantitative estimate of drug-likeness (QED) is 0.901. The average molecular weight is 259 g/mol. The van der Waals surface area contributed by atoms with E-state index in [1.165, 1.54) is 11.3 Å². The summed E-state index contributed by atoms with van der Waals surface area (Å²) in [6, 6.07) is 7.90. The Balaban J connectivity index is 1.87. The van der Waals surface area contributed by atoms with Crippen LogP contribution in [0.2, 0.25) is 0 Å². The SMILES string of the molecule is Nc1nc(-c2ccc(N3CCCC3=O)cc2)cs1. The third-order valence-electron chi connectivity index (χ3n) is 3.07. The molecule has 0 radical (unpaired) electrons. The topological polar surface area (TPSA) is 59.2 Å². The Kier molecular flexibility index (Phi) is 2.76. The van der Waals surface area contributed by atoms with Crippen molar-refractivity contribution in [3.05, 3.63) is 29.6 Å². The van der Waals surface area contributed by atoms with E-state index in [0.717, 1.165) is 29.9 Å². The number of nitrogen functional groups attached to an aromatic ring is 1. The highest BCUT2D eigenvalue weighted by molar-refractivity contribution is 7.13. The van der Waals surface area contributed by atoms with Crippen LogP contribution in [0.5, 0.6) is 0 Å². The third-order valence-corrected chi connectivity index (χ3v) is 3.74. The molecule has 2 heterocycles. The van der Waals surface area contributed by atoms with E-state index in [1.54, 1.807) is 0 Å². The first-order valence-electron chi connectivity index (χ1n) is 5.86. The molecule has 1 aliphatic heterocycles. The second kappa shape index (κ2) is 4.42. The van der Waals surface area contributed by atoms with Crippen molar-refractivity contribution in [1.29, 1.82) is 0 Å².